The van der Waals surface area contributed by atoms with Crippen LogP contribution in [0.5, 0.6) is 0 Å². The molecule has 2 rings (SSSR count). The van der Waals surface area contributed by atoms with Gasteiger partial charge in [0.05, 0.1) is 18.1 Å². The molecule has 118 valence electrons. The third kappa shape index (κ3) is 4.21. The number of rotatable bonds is 6. The lowest BCUT2D eigenvalue weighted by atomic mass is 10.2. The summed E-state index contributed by atoms with van der Waals surface area (Å²) in [4.78, 5) is 2.02. The Hall–Kier alpha value is -1.06. The molecule has 1 aliphatic rings. The van der Waals surface area contributed by atoms with E-state index in [-0.39, 0.29) is 23.5 Å². The van der Waals surface area contributed by atoms with Gasteiger partial charge in [-0.15, -0.1) is 0 Å². The molecule has 0 saturated carbocycles. The summed E-state index contributed by atoms with van der Waals surface area (Å²) >= 11 is 0. The molecular formula is C13H20FN3O3S. The van der Waals surface area contributed by atoms with Crippen molar-refractivity contribution < 1.29 is 17.5 Å². The van der Waals surface area contributed by atoms with Crippen molar-refractivity contribution in [2.24, 2.45) is 5.73 Å². The average Bonchev–Trinajstić information content (AvgIpc) is 2.48. The molecule has 0 unspecified atom stereocenters. The van der Waals surface area contributed by atoms with Crippen molar-refractivity contribution in [3.8, 4) is 0 Å². The first kappa shape index (κ1) is 16.3. The largest absolute Gasteiger partial charge is 0.379 e. The monoisotopic (exact) mass is 317 g/mol. The van der Waals surface area contributed by atoms with Crippen molar-refractivity contribution in [2.45, 2.75) is 11.4 Å². The Labute approximate surface area is 124 Å². The van der Waals surface area contributed by atoms with E-state index in [0.717, 1.165) is 13.1 Å². The smallest absolute Gasteiger partial charge is 0.241 e. The molecule has 1 aliphatic heterocycles. The molecule has 1 aromatic carbocycles. The van der Waals surface area contributed by atoms with E-state index in [9.17, 15) is 12.8 Å². The summed E-state index contributed by atoms with van der Waals surface area (Å²) in [5, 5.41) is 0. The van der Waals surface area contributed by atoms with E-state index in [1.807, 2.05) is 0 Å². The summed E-state index contributed by atoms with van der Waals surface area (Å²) in [6.07, 6.45) is 0. The lowest BCUT2D eigenvalue weighted by Gasteiger charge is -2.26. The number of hydrogen-bond acceptors (Lipinski definition) is 5. The van der Waals surface area contributed by atoms with Crippen LogP contribution >= 0.6 is 0 Å². The number of nitrogens with zero attached hydrogens (tertiary/aromatic N) is 1. The van der Waals surface area contributed by atoms with Gasteiger partial charge >= 0.3 is 0 Å². The van der Waals surface area contributed by atoms with Gasteiger partial charge in [-0.3, -0.25) is 4.90 Å². The van der Waals surface area contributed by atoms with Crippen LogP contribution in [0.2, 0.25) is 0 Å². The van der Waals surface area contributed by atoms with Gasteiger partial charge in [0.2, 0.25) is 10.0 Å². The standard InChI is InChI=1S/C13H20FN3O3S/c14-12-2-1-3-13(11(12)10-15)21(18,19)16-4-5-17-6-8-20-9-7-17/h1-3,16H,4-10,15H2. The van der Waals surface area contributed by atoms with E-state index in [4.69, 9.17) is 10.5 Å². The molecule has 0 aromatic heterocycles. The Morgan fingerprint density at radius 1 is 1.33 bits per heavy atom. The number of hydrogen-bond donors (Lipinski definition) is 2. The fourth-order valence-corrected chi connectivity index (χ4v) is 3.51. The Balaban J connectivity index is 2.00. The fraction of sp³-hybridized carbons (Fsp3) is 0.538. The normalized spacial score (nSPS) is 17.0. The molecule has 3 N–H and O–H groups in total. The Kier molecular flexibility index (Phi) is 5.65. The van der Waals surface area contributed by atoms with Crippen molar-refractivity contribution in [3.63, 3.8) is 0 Å². The molecule has 0 aliphatic carbocycles. The zero-order chi connectivity index (χ0) is 15.3. The van der Waals surface area contributed by atoms with E-state index in [1.165, 1.54) is 18.2 Å². The van der Waals surface area contributed by atoms with E-state index in [2.05, 4.69) is 9.62 Å². The van der Waals surface area contributed by atoms with Crippen LogP contribution in [-0.2, 0) is 21.3 Å². The topological polar surface area (TPSA) is 84.7 Å². The van der Waals surface area contributed by atoms with Crippen LogP contribution in [0.1, 0.15) is 5.56 Å². The van der Waals surface area contributed by atoms with Gasteiger partial charge in [-0.1, -0.05) is 6.07 Å². The number of ether oxygens (including phenoxy) is 1. The predicted octanol–water partition coefficient (Wildman–Crippen LogP) is -0.105. The van der Waals surface area contributed by atoms with Gasteiger partial charge in [0, 0.05) is 38.3 Å². The molecule has 0 bridgehead atoms. The van der Waals surface area contributed by atoms with E-state index in [1.54, 1.807) is 0 Å². The number of sulfonamides is 1. The molecule has 0 spiro atoms. The van der Waals surface area contributed by atoms with Crippen LogP contribution in [0, 0.1) is 5.82 Å². The number of morpholine rings is 1. The molecule has 1 saturated heterocycles. The first-order chi connectivity index (χ1) is 10.0. The highest BCUT2D eigenvalue weighted by atomic mass is 32.2. The first-order valence-electron chi connectivity index (χ1n) is 6.82. The second-order valence-corrected chi connectivity index (χ2v) is 6.51. The van der Waals surface area contributed by atoms with Gasteiger partial charge in [0.15, 0.2) is 0 Å². The molecule has 6 nitrogen and oxygen atoms in total. The quantitative estimate of drug-likeness (QED) is 0.765. The van der Waals surface area contributed by atoms with Crippen LogP contribution in [0.15, 0.2) is 23.1 Å². The highest BCUT2D eigenvalue weighted by molar-refractivity contribution is 7.89. The van der Waals surface area contributed by atoms with Crippen LogP contribution in [0.25, 0.3) is 0 Å². The third-order valence-electron chi connectivity index (χ3n) is 3.39. The summed E-state index contributed by atoms with van der Waals surface area (Å²) in [5.41, 5.74) is 5.45. The highest BCUT2D eigenvalue weighted by Gasteiger charge is 2.20. The number of nitrogens with one attached hydrogen (secondary N) is 1. The number of nitrogens with two attached hydrogens (primary N) is 1. The minimum Gasteiger partial charge on any atom is -0.379 e. The van der Waals surface area contributed by atoms with Crippen LogP contribution < -0.4 is 10.5 Å². The van der Waals surface area contributed by atoms with E-state index >= 15 is 0 Å². The molecule has 21 heavy (non-hydrogen) atoms. The van der Waals surface area contributed by atoms with Gasteiger partial charge in [0.25, 0.3) is 0 Å². The second-order valence-electron chi connectivity index (χ2n) is 4.77. The summed E-state index contributed by atoms with van der Waals surface area (Å²) < 4.78 is 45.8. The van der Waals surface area contributed by atoms with Crippen LogP contribution in [0.4, 0.5) is 4.39 Å². The maximum Gasteiger partial charge on any atom is 0.241 e. The SMILES string of the molecule is NCc1c(F)cccc1S(=O)(=O)NCCN1CCOCC1. The Bertz CT molecular complexity index is 574. The number of halogens is 1. The minimum atomic E-state index is -3.75. The molecule has 8 heteroatoms. The van der Waals surface area contributed by atoms with Crippen molar-refractivity contribution in [3.05, 3.63) is 29.6 Å². The molecule has 1 heterocycles. The summed E-state index contributed by atoms with van der Waals surface area (Å²) in [7, 11) is -3.75. The molecule has 1 aromatic rings. The molecule has 1 fully saturated rings. The van der Waals surface area contributed by atoms with E-state index < -0.39 is 15.8 Å². The Morgan fingerprint density at radius 3 is 2.71 bits per heavy atom. The Morgan fingerprint density at radius 2 is 2.05 bits per heavy atom. The summed E-state index contributed by atoms with van der Waals surface area (Å²) in [5.74, 6) is -0.603. The van der Waals surface area contributed by atoms with Gasteiger partial charge in [-0.2, -0.15) is 0 Å². The van der Waals surface area contributed by atoms with Crippen LogP contribution in [-0.4, -0.2) is 52.7 Å². The molecule has 0 amide bonds. The van der Waals surface area contributed by atoms with E-state index in [0.29, 0.717) is 19.8 Å². The lowest BCUT2D eigenvalue weighted by Crippen LogP contribution is -2.41. The van der Waals surface area contributed by atoms with Crippen molar-refractivity contribution in [2.75, 3.05) is 39.4 Å². The fourth-order valence-electron chi connectivity index (χ4n) is 2.23. The first-order valence-corrected chi connectivity index (χ1v) is 8.30. The van der Waals surface area contributed by atoms with Crippen molar-refractivity contribution in [1.29, 1.82) is 0 Å². The van der Waals surface area contributed by atoms with Crippen molar-refractivity contribution >= 4 is 10.0 Å². The molecule has 0 atom stereocenters. The zero-order valence-electron chi connectivity index (χ0n) is 11.7. The molecule has 0 radical (unpaired) electrons. The van der Waals surface area contributed by atoms with Gasteiger partial charge in [-0.05, 0) is 12.1 Å². The summed E-state index contributed by atoms with van der Waals surface area (Å²) in [6, 6.07) is 3.93. The lowest BCUT2D eigenvalue weighted by molar-refractivity contribution is 0.0390. The van der Waals surface area contributed by atoms with Crippen molar-refractivity contribution in [1.82, 2.24) is 9.62 Å². The minimum absolute atomic E-state index is 0.0105. The maximum absolute atomic E-state index is 13.6. The van der Waals surface area contributed by atoms with Gasteiger partial charge < -0.3 is 10.5 Å². The average molecular weight is 317 g/mol. The van der Waals surface area contributed by atoms with Gasteiger partial charge in [0.1, 0.15) is 5.82 Å². The summed E-state index contributed by atoms with van der Waals surface area (Å²) in [6.45, 7) is 3.60. The predicted molar refractivity (Wildman–Crippen MR) is 76.7 cm³/mol. The zero-order valence-corrected chi connectivity index (χ0v) is 12.5. The maximum atomic E-state index is 13.6. The number of benzene rings is 1. The highest BCUT2D eigenvalue weighted by Crippen LogP contribution is 2.18. The van der Waals surface area contributed by atoms with Gasteiger partial charge in [-0.25, -0.2) is 17.5 Å². The van der Waals surface area contributed by atoms with Crippen LogP contribution in [0.3, 0.4) is 0 Å². The second kappa shape index (κ2) is 7.28. The molecular weight excluding hydrogens is 297 g/mol. The third-order valence-corrected chi connectivity index (χ3v) is 4.94.